The van der Waals surface area contributed by atoms with E-state index in [1.807, 2.05) is 5.11 Å². The van der Waals surface area contributed by atoms with Crippen LogP contribution in [0.2, 0.25) is 0 Å². The van der Waals surface area contributed by atoms with Gasteiger partial charge in [0.05, 0.1) is 0 Å². The highest BCUT2D eigenvalue weighted by molar-refractivity contribution is 6.64. The first kappa shape index (κ1) is 9.35. The van der Waals surface area contributed by atoms with Gasteiger partial charge in [-0.3, -0.25) is 4.79 Å². The smallest absolute Gasteiger partial charge is 0.278 e. The summed E-state index contributed by atoms with van der Waals surface area (Å²) in [6.07, 6.45) is -4.85. The standard InChI is InChI=1S/C3H2ClF3N2O/c4-2(10)1(9-8)3(5,6)7/h1,8H. The topological polar surface area (TPSA) is 53.3 Å². The SMILES string of the molecule is N=NC(C(=O)Cl)C(F)(F)F. The third-order valence-corrected chi connectivity index (χ3v) is 0.861. The Morgan fingerprint density at radius 1 is 1.60 bits per heavy atom. The Labute approximate surface area is 58.7 Å². The third-order valence-electron chi connectivity index (χ3n) is 0.654. The van der Waals surface area contributed by atoms with Gasteiger partial charge >= 0.3 is 6.18 Å². The first-order chi connectivity index (χ1) is 4.39. The number of halogens is 4. The van der Waals surface area contributed by atoms with Crippen LogP contribution in [-0.2, 0) is 4.79 Å². The predicted molar refractivity (Wildman–Crippen MR) is 25.9 cm³/mol. The van der Waals surface area contributed by atoms with Gasteiger partial charge in [-0.15, -0.1) is 0 Å². The Hall–Kier alpha value is -0.650. The van der Waals surface area contributed by atoms with Gasteiger partial charge < -0.3 is 0 Å². The fraction of sp³-hybridized carbons (Fsp3) is 0.667. The summed E-state index contributed by atoms with van der Waals surface area (Å²) in [5, 5.41) is 0.310. The summed E-state index contributed by atoms with van der Waals surface area (Å²) in [4.78, 5) is 9.85. The molecule has 0 aliphatic rings. The fourth-order valence-corrected chi connectivity index (χ4v) is 0.425. The molecule has 3 nitrogen and oxygen atoms in total. The van der Waals surface area contributed by atoms with Crippen LogP contribution in [-0.4, -0.2) is 17.5 Å². The minimum Gasteiger partial charge on any atom is -0.278 e. The lowest BCUT2D eigenvalue weighted by Crippen LogP contribution is -2.31. The maximum Gasteiger partial charge on any atom is 0.421 e. The molecular formula is C3H2ClF3N2O. The van der Waals surface area contributed by atoms with E-state index in [2.05, 4.69) is 11.6 Å². The molecule has 0 saturated heterocycles. The van der Waals surface area contributed by atoms with Crippen molar-refractivity contribution < 1.29 is 18.0 Å². The largest absolute Gasteiger partial charge is 0.421 e. The van der Waals surface area contributed by atoms with Gasteiger partial charge in [-0.1, -0.05) is 0 Å². The molecule has 58 valence electrons. The molecule has 0 heterocycles. The second kappa shape index (κ2) is 2.96. The van der Waals surface area contributed by atoms with Crippen molar-refractivity contribution in [2.75, 3.05) is 0 Å². The number of nitrogens with one attached hydrogen (secondary N) is 1. The quantitative estimate of drug-likeness (QED) is 0.503. The van der Waals surface area contributed by atoms with E-state index in [-0.39, 0.29) is 0 Å². The summed E-state index contributed by atoms with van der Waals surface area (Å²) in [7, 11) is 0. The first-order valence-corrected chi connectivity index (χ1v) is 2.40. The molecule has 1 atom stereocenters. The lowest BCUT2D eigenvalue weighted by atomic mass is 10.3. The Balaban J connectivity index is 4.36. The zero-order chi connectivity index (χ0) is 8.36. The summed E-state index contributed by atoms with van der Waals surface area (Å²) in [5.41, 5.74) is 5.95. The number of rotatable bonds is 2. The molecule has 0 radical (unpaired) electrons. The Morgan fingerprint density at radius 3 is 2.00 bits per heavy atom. The molecule has 0 fully saturated rings. The van der Waals surface area contributed by atoms with Crippen molar-refractivity contribution in [3.05, 3.63) is 0 Å². The molecule has 0 rings (SSSR count). The van der Waals surface area contributed by atoms with E-state index < -0.39 is 17.5 Å². The minimum atomic E-state index is -4.85. The van der Waals surface area contributed by atoms with Crippen LogP contribution in [0.25, 0.3) is 0 Å². The van der Waals surface area contributed by atoms with Crippen molar-refractivity contribution in [2.24, 2.45) is 5.11 Å². The number of carbonyl (C=O) groups excluding carboxylic acids is 1. The van der Waals surface area contributed by atoms with Gasteiger partial charge in [-0.2, -0.15) is 18.3 Å². The van der Waals surface area contributed by atoms with E-state index in [0.29, 0.717) is 0 Å². The molecule has 0 aromatic heterocycles. The predicted octanol–water partition coefficient (Wildman–Crippen LogP) is 1.71. The van der Waals surface area contributed by atoms with Crippen LogP contribution in [0.5, 0.6) is 0 Å². The molecule has 1 unspecified atom stereocenters. The average molecular weight is 175 g/mol. The molecule has 0 aromatic carbocycles. The Bertz CT molecular complexity index is 156. The van der Waals surface area contributed by atoms with Gasteiger partial charge in [0.2, 0.25) is 6.04 Å². The third kappa shape index (κ3) is 2.30. The summed E-state index contributed by atoms with van der Waals surface area (Å²) in [6.45, 7) is 0. The molecule has 0 aromatic rings. The van der Waals surface area contributed by atoms with Gasteiger partial charge in [-0.25, -0.2) is 5.53 Å². The van der Waals surface area contributed by atoms with Crippen molar-refractivity contribution in [3.63, 3.8) is 0 Å². The molecule has 0 aliphatic carbocycles. The van der Waals surface area contributed by atoms with Crippen LogP contribution in [0.4, 0.5) is 13.2 Å². The van der Waals surface area contributed by atoms with Gasteiger partial charge in [0.15, 0.2) is 0 Å². The summed E-state index contributed by atoms with van der Waals surface area (Å²) in [5.74, 6) is 0. The molecule has 0 aliphatic heterocycles. The van der Waals surface area contributed by atoms with Crippen molar-refractivity contribution >= 4 is 16.8 Å². The molecule has 0 saturated carbocycles. The maximum atomic E-state index is 11.5. The normalized spacial score (nSPS) is 14.4. The van der Waals surface area contributed by atoms with E-state index in [4.69, 9.17) is 5.53 Å². The fourth-order valence-electron chi connectivity index (χ4n) is 0.253. The summed E-state index contributed by atoms with van der Waals surface area (Å²) >= 11 is 4.46. The van der Waals surface area contributed by atoms with Crippen LogP contribution in [0.3, 0.4) is 0 Å². The molecule has 1 N–H and O–H groups in total. The first-order valence-electron chi connectivity index (χ1n) is 2.02. The minimum absolute atomic E-state index is 1.69. The number of alkyl halides is 3. The van der Waals surface area contributed by atoms with Gasteiger partial charge in [0.25, 0.3) is 5.24 Å². The van der Waals surface area contributed by atoms with E-state index in [9.17, 15) is 18.0 Å². The van der Waals surface area contributed by atoms with E-state index in [0.717, 1.165) is 0 Å². The number of nitrogens with zero attached hydrogens (tertiary/aromatic N) is 1. The molecular weight excluding hydrogens is 172 g/mol. The summed E-state index contributed by atoms with van der Waals surface area (Å²) < 4.78 is 34.4. The highest BCUT2D eigenvalue weighted by Gasteiger charge is 2.44. The van der Waals surface area contributed by atoms with E-state index >= 15 is 0 Å². The monoisotopic (exact) mass is 174 g/mol. The highest BCUT2D eigenvalue weighted by atomic mass is 35.5. The van der Waals surface area contributed by atoms with Crippen LogP contribution in [0.1, 0.15) is 0 Å². The lowest BCUT2D eigenvalue weighted by Gasteiger charge is -2.08. The van der Waals surface area contributed by atoms with Crippen molar-refractivity contribution in [1.82, 2.24) is 0 Å². The molecule has 0 amide bonds. The van der Waals surface area contributed by atoms with Crippen molar-refractivity contribution in [3.8, 4) is 0 Å². The van der Waals surface area contributed by atoms with Gasteiger partial charge in [0, 0.05) is 0 Å². The Kier molecular flexibility index (Phi) is 2.77. The maximum absolute atomic E-state index is 11.5. The molecule has 0 spiro atoms. The van der Waals surface area contributed by atoms with Crippen LogP contribution < -0.4 is 0 Å². The second-order valence-corrected chi connectivity index (χ2v) is 1.75. The summed E-state index contributed by atoms with van der Waals surface area (Å²) in [6, 6.07) is -2.71. The second-order valence-electron chi connectivity index (χ2n) is 1.38. The van der Waals surface area contributed by atoms with E-state index in [1.165, 1.54) is 0 Å². The van der Waals surface area contributed by atoms with Crippen LogP contribution in [0, 0.1) is 5.53 Å². The highest BCUT2D eigenvalue weighted by Crippen LogP contribution is 2.24. The van der Waals surface area contributed by atoms with Crippen LogP contribution >= 0.6 is 11.6 Å². The molecule has 0 bridgehead atoms. The van der Waals surface area contributed by atoms with E-state index in [1.54, 1.807) is 0 Å². The molecule has 7 heteroatoms. The Morgan fingerprint density at radius 2 is 2.00 bits per heavy atom. The lowest BCUT2D eigenvalue weighted by molar-refractivity contribution is -0.157. The molecule has 10 heavy (non-hydrogen) atoms. The number of hydrogen-bond acceptors (Lipinski definition) is 3. The van der Waals surface area contributed by atoms with Crippen LogP contribution in [0.15, 0.2) is 5.11 Å². The average Bonchev–Trinajstić information content (AvgIpc) is 1.60. The number of carbonyl (C=O) groups is 1. The van der Waals surface area contributed by atoms with Crippen molar-refractivity contribution in [1.29, 1.82) is 5.53 Å². The zero-order valence-electron chi connectivity index (χ0n) is 4.44. The van der Waals surface area contributed by atoms with Gasteiger partial charge in [-0.05, 0) is 11.6 Å². The number of hydrogen-bond donors (Lipinski definition) is 1. The van der Waals surface area contributed by atoms with Gasteiger partial charge in [0.1, 0.15) is 0 Å². The zero-order valence-corrected chi connectivity index (χ0v) is 5.20. The van der Waals surface area contributed by atoms with Crippen molar-refractivity contribution in [2.45, 2.75) is 12.2 Å².